The molecule has 0 heterocycles. The van der Waals surface area contributed by atoms with Crippen molar-refractivity contribution in [3.63, 3.8) is 0 Å². The van der Waals surface area contributed by atoms with Crippen LogP contribution in [0.5, 0.6) is 5.75 Å². The first-order valence-electron chi connectivity index (χ1n) is 5.72. The Morgan fingerprint density at radius 2 is 2.19 bits per heavy atom. The van der Waals surface area contributed by atoms with Gasteiger partial charge in [0.25, 0.3) is 0 Å². The Kier molecular flexibility index (Phi) is 5.03. The number of allylic oxidation sites excluding steroid dienone is 2. The van der Waals surface area contributed by atoms with E-state index in [1.54, 1.807) is 12.1 Å². The van der Waals surface area contributed by atoms with Gasteiger partial charge in [-0.15, -0.1) is 0 Å². The van der Waals surface area contributed by atoms with Crippen LogP contribution in [0.25, 0.3) is 0 Å². The molecule has 1 atom stereocenters. The molecule has 1 aromatic rings. The van der Waals surface area contributed by atoms with Crippen molar-refractivity contribution >= 4 is 0 Å². The Labute approximate surface area is 96.9 Å². The van der Waals surface area contributed by atoms with Crippen molar-refractivity contribution in [2.45, 2.75) is 33.1 Å². The standard InChI is InChI=1S/C14H19FO/c1-4-6-7-11(3)13-10-12(15)8-9-14(13)16-5-2/h4,6,8-11H,5,7H2,1-3H3/b6-4-. The van der Waals surface area contributed by atoms with E-state index in [0.717, 1.165) is 17.7 Å². The quantitative estimate of drug-likeness (QED) is 0.675. The maximum atomic E-state index is 13.2. The van der Waals surface area contributed by atoms with Crippen LogP contribution in [-0.4, -0.2) is 6.61 Å². The molecular weight excluding hydrogens is 203 g/mol. The van der Waals surface area contributed by atoms with Crippen molar-refractivity contribution in [2.75, 3.05) is 6.61 Å². The normalized spacial score (nSPS) is 13.0. The van der Waals surface area contributed by atoms with Crippen molar-refractivity contribution in [1.82, 2.24) is 0 Å². The minimum absolute atomic E-state index is 0.203. The summed E-state index contributed by atoms with van der Waals surface area (Å²) in [6.45, 7) is 6.61. The fourth-order valence-electron chi connectivity index (χ4n) is 1.66. The number of hydrogen-bond acceptors (Lipinski definition) is 1. The van der Waals surface area contributed by atoms with Gasteiger partial charge in [-0.3, -0.25) is 0 Å². The number of rotatable bonds is 5. The molecular formula is C14H19FO. The highest BCUT2D eigenvalue weighted by atomic mass is 19.1. The van der Waals surface area contributed by atoms with Crippen LogP contribution in [0.3, 0.4) is 0 Å². The fourth-order valence-corrected chi connectivity index (χ4v) is 1.66. The van der Waals surface area contributed by atoms with Gasteiger partial charge < -0.3 is 4.74 Å². The molecule has 0 saturated carbocycles. The maximum Gasteiger partial charge on any atom is 0.123 e. The van der Waals surface area contributed by atoms with Gasteiger partial charge >= 0.3 is 0 Å². The second-order valence-electron chi connectivity index (χ2n) is 3.82. The van der Waals surface area contributed by atoms with Crippen molar-refractivity contribution in [3.8, 4) is 5.75 Å². The van der Waals surface area contributed by atoms with Gasteiger partial charge in [-0.05, 0) is 44.4 Å². The average molecular weight is 222 g/mol. The molecule has 0 aliphatic heterocycles. The van der Waals surface area contributed by atoms with Gasteiger partial charge in [-0.2, -0.15) is 0 Å². The lowest BCUT2D eigenvalue weighted by molar-refractivity contribution is 0.334. The largest absolute Gasteiger partial charge is 0.494 e. The Hall–Kier alpha value is -1.31. The molecule has 1 unspecified atom stereocenters. The summed E-state index contributed by atoms with van der Waals surface area (Å²) < 4.78 is 18.7. The van der Waals surface area contributed by atoms with E-state index in [2.05, 4.69) is 13.0 Å². The van der Waals surface area contributed by atoms with Crippen LogP contribution in [-0.2, 0) is 0 Å². The van der Waals surface area contributed by atoms with Crippen molar-refractivity contribution in [3.05, 3.63) is 41.7 Å². The minimum Gasteiger partial charge on any atom is -0.494 e. The third-order valence-electron chi connectivity index (χ3n) is 2.53. The monoisotopic (exact) mass is 222 g/mol. The van der Waals surface area contributed by atoms with Crippen LogP contribution in [0.1, 0.15) is 38.7 Å². The van der Waals surface area contributed by atoms with Gasteiger partial charge in [-0.25, -0.2) is 4.39 Å². The molecule has 0 aromatic heterocycles. The summed E-state index contributed by atoms with van der Waals surface area (Å²) in [7, 11) is 0. The number of benzene rings is 1. The fraction of sp³-hybridized carbons (Fsp3) is 0.429. The first-order chi connectivity index (χ1) is 7.69. The predicted molar refractivity (Wildman–Crippen MR) is 65.4 cm³/mol. The maximum absolute atomic E-state index is 13.2. The Morgan fingerprint density at radius 3 is 2.81 bits per heavy atom. The molecule has 88 valence electrons. The SMILES string of the molecule is C/C=C\CC(C)c1cc(F)ccc1OCC. The van der Waals surface area contributed by atoms with Crippen LogP contribution < -0.4 is 4.74 Å². The van der Waals surface area contributed by atoms with Gasteiger partial charge in [0.2, 0.25) is 0 Å². The highest BCUT2D eigenvalue weighted by Crippen LogP contribution is 2.29. The zero-order chi connectivity index (χ0) is 12.0. The van der Waals surface area contributed by atoms with Crippen molar-refractivity contribution in [2.24, 2.45) is 0 Å². The smallest absolute Gasteiger partial charge is 0.123 e. The van der Waals surface area contributed by atoms with E-state index in [1.807, 2.05) is 19.9 Å². The zero-order valence-corrected chi connectivity index (χ0v) is 10.2. The van der Waals surface area contributed by atoms with Crippen LogP contribution in [0, 0.1) is 5.82 Å². The summed E-state index contributed by atoms with van der Waals surface area (Å²) in [5.41, 5.74) is 0.944. The Bertz CT molecular complexity index is 358. The Morgan fingerprint density at radius 1 is 1.44 bits per heavy atom. The molecule has 0 spiro atoms. The van der Waals surface area contributed by atoms with E-state index >= 15 is 0 Å². The molecule has 0 radical (unpaired) electrons. The summed E-state index contributed by atoms with van der Waals surface area (Å²) in [5.74, 6) is 0.861. The van der Waals surface area contributed by atoms with E-state index in [9.17, 15) is 4.39 Å². The minimum atomic E-state index is -0.203. The van der Waals surface area contributed by atoms with Gasteiger partial charge in [0.1, 0.15) is 11.6 Å². The summed E-state index contributed by atoms with van der Waals surface area (Å²) in [5, 5.41) is 0. The molecule has 0 bridgehead atoms. The Balaban J connectivity index is 2.93. The molecule has 0 aliphatic carbocycles. The second-order valence-corrected chi connectivity index (χ2v) is 3.82. The van der Waals surface area contributed by atoms with E-state index in [4.69, 9.17) is 4.74 Å². The third-order valence-corrected chi connectivity index (χ3v) is 2.53. The number of halogens is 1. The second kappa shape index (κ2) is 6.31. The summed E-state index contributed by atoms with van der Waals surface area (Å²) in [4.78, 5) is 0. The van der Waals surface area contributed by atoms with Crippen LogP contribution in [0.2, 0.25) is 0 Å². The number of ether oxygens (including phenoxy) is 1. The van der Waals surface area contributed by atoms with Crippen LogP contribution in [0.15, 0.2) is 30.4 Å². The molecule has 0 fully saturated rings. The van der Waals surface area contributed by atoms with Crippen molar-refractivity contribution in [1.29, 1.82) is 0 Å². The molecule has 16 heavy (non-hydrogen) atoms. The lowest BCUT2D eigenvalue weighted by atomic mass is 9.96. The molecule has 0 N–H and O–H groups in total. The first kappa shape index (κ1) is 12.8. The summed E-state index contributed by atoms with van der Waals surface area (Å²) >= 11 is 0. The average Bonchev–Trinajstić information content (AvgIpc) is 2.28. The van der Waals surface area contributed by atoms with Gasteiger partial charge in [0.15, 0.2) is 0 Å². The third kappa shape index (κ3) is 3.37. The van der Waals surface area contributed by atoms with Crippen molar-refractivity contribution < 1.29 is 9.13 Å². The topological polar surface area (TPSA) is 9.23 Å². The van der Waals surface area contributed by atoms with Crippen LogP contribution in [0.4, 0.5) is 4.39 Å². The molecule has 0 saturated heterocycles. The van der Waals surface area contributed by atoms with Gasteiger partial charge in [-0.1, -0.05) is 19.1 Å². The molecule has 0 amide bonds. The molecule has 2 heteroatoms. The number of hydrogen-bond donors (Lipinski definition) is 0. The van der Waals surface area contributed by atoms with Gasteiger partial charge in [0, 0.05) is 5.56 Å². The molecule has 0 aliphatic rings. The molecule has 1 rings (SSSR count). The van der Waals surface area contributed by atoms with E-state index in [1.165, 1.54) is 6.07 Å². The molecule has 1 nitrogen and oxygen atoms in total. The van der Waals surface area contributed by atoms with Gasteiger partial charge in [0.05, 0.1) is 6.61 Å². The summed E-state index contributed by atoms with van der Waals surface area (Å²) in [6, 6.07) is 4.72. The summed E-state index contributed by atoms with van der Waals surface area (Å²) in [6.07, 6.45) is 5.00. The lowest BCUT2D eigenvalue weighted by Gasteiger charge is -2.15. The highest BCUT2D eigenvalue weighted by Gasteiger charge is 2.11. The zero-order valence-electron chi connectivity index (χ0n) is 10.2. The van der Waals surface area contributed by atoms with E-state index in [0.29, 0.717) is 6.61 Å². The predicted octanol–water partition coefficient (Wildman–Crippen LogP) is 4.29. The molecule has 1 aromatic carbocycles. The van der Waals surface area contributed by atoms with E-state index < -0.39 is 0 Å². The van der Waals surface area contributed by atoms with E-state index in [-0.39, 0.29) is 11.7 Å². The highest BCUT2D eigenvalue weighted by molar-refractivity contribution is 5.36. The lowest BCUT2D eigenvalue weighted by Crippen LogP contribution is -2.00. The first-order valence-corrected chi connectivity index (χ1v) is 5.72. The van der Waals surface area contributed by atoms with Crippen LogP contribution >= 0.6 is 0 Å².